The predicted molar refractivity (Wildman–Crippen MR) is 66.8 cm³/mol. The summed E-state index contributed by atoms with van der Waals surface area (Å²) in [5, 5.41) is 3.86. The number of nitrogens with one attached hydrogen (secondary N) is 1. The molecule has 0 saturated heterocycles. The van der Waals surface area contributed by atoms with E-state index in [-0.39, 0.29) is 5.82 Å². The Morgan fingerprint density at radius 2 is 2.35 bits per heavy atom. The van der Waals surface area contributed by atoms with E-state index in [1.165, 1.54) is 30.8 Å². The lowest BCUT2D eigenvalue weighted by Gasteiger charge is -2.06. The van der Waals surface area contributed by atoms with Crippen LogP contribution in [0.15, 0.2) is 24.3 Å². The molecule has 0 amide bonds. The second-order valence-electron chi connectivity index (χ2n) is 3.41. The number of nitrogen functional groups attached to an aromatic ring is 1. The van der Waals surface area contributed by atoms with Gasteiger partial charge in [-0.2, -0.15) is 4.37 Å². The summed E-state index contributed by atoms with van der Waals surface area (Å²) in [7, 11) is 1.54. The summed E-state index contributed by atoms with van der Waals surface area (Å²) in [6.45, 7) is 0.496. The number of anilines is 2. The summed E-state index contributed by atoms with van der Waals surface area (Å²) in [5.41, 5.74) is 6.47. The van der Waals surface area contributed by atoms with E-state index in [0.717, 1.165) is 10.6 Å². The first-order chi connectivity index (χ1) is 8.20. The molecule has 2 aromatic rings. The predicted octanol–water partition coefficient (Wildman–Crippen LogP) is 2.49. The Bertz CT molecular complexity index is 515. The van der Waals surface area contributed by atoms with Crippen LogP contribution >= 0.6 is 11.5 Å². The van der Waals surface area contributed by atoms with Crippen LogP contribution in [0.2, 0.25) is 0 Å². The average Bonchev–Trinajstić information content (AvgIpc) is 2.67. The molecule has 3 N–H and O–H groups in total. The summed E-state index contributed by atoms with van der Waals surface area (Å²) in [6.07, 6.45) is 0. The molecule has 0 bridgehead atoms. The van der Waals surface area contributed by atoms with Gasteiger partial charge in [0.15, 0.2) is 16.6 Å². The second kappa shape index (κ2) is 5.01. The normalized spacial score (nSPS) is 10.2. The second-order valence-corrected chi connectivity index (χ2v) is 4.19. The molecule has 0 spiro atoms. The molecule has 0 aliphatic rings. The van der Waals surface area contributed by atoms with Crippen molar-refractivity contribution in [3.63, 3.8) is 0 Å². The molecule has 1 heterocycles. The molecule has 0 radical (unpaired) electrons. The van der Waals surface area contributed by atoms with Crippen molar-refractivity contribution in [2.45, 2.75) is 6.54 Å². The highest BCUT2D eigenvalue weighted by molar-refractivity contribution is 7.11. The zero-order valence-corrected chi connectivity index (χ0v) is 10.1. The highest BCUT2D eigenvalue weighted by Crippen LogP contribution is 2.34. The van der Waals surface area contributed by atoms with E-state index in [4.69, 9.17) is 10.5 Å². The number of rotatable bonds is 4. The summed E-state index contributed by atoms with van der Waals surface area (Å²) < 4.78 is 22.1. The fraction of sp³-hybridized carbons (Fsp3) is 0.182. The zero-order chi connectivity index (χ0) is 12.3. The van der Waals surface area contributed by atoms with Crippen molar-refractivity contribution in [1.82, 2.24) is 4.37 Å². The van der Waals surface area contributed by atoms with Crippen molar-refractivity contribution in [1.29, 1.82) is 0 Å². The number of ether oxygens (including phenoxy) is 1. The van der Waals surface area contributed by atoms with Gasteiger partial charge in [0, 0.05) is 6.54 Å². The van der Waals surface area contributed by atoms with Gasteiger partial charge in [-0.3, -0.25) is 0 Å². The van der Waals surface area contributed by atoms with Crippen molar-refractivity contribution < 1.29 is 9.13 Å². The minimum atomic E-state index is -0.250. The quantitative estimate of drug-likeness (QED) is 0.878. The molecule has 0 unspecified atom stereocenters. The zero-order valence-electron chi connectivity index (χ0n) is 9.24. The van der Waals surface area contributed by atoms with Gasteiger partial charge >= 0.3 is 0 Å². The largest absolute Gasteiger partial charge is 0.490 e. The molecule has 4 nitrogen and oxygen atoms in total. The van der Waals surface area contributed by atoms with Crippen LogP contribution < -0.4 is 15.8 Å². The van der Waals surface area contributed by atoms with Crippen molar-refractivity contribution in [2.24, 2.45) is 0 Å². The third kappa shape index (κ3) is 2.65. The summed E-state index contributed by atoms with van der Waals surface area (Å²) in [5.74, 6) is 0.644. The molecular formula is C11H12FN3OS. The molecule has 0 fully saturated rings. The minimum absolute atomic E-state index is 0.250. The Labute approximate surface area is 102 Å². The van der Waals surface area contributed by atoms with Crippen LogP contribution in [0.5, 0.6) is 5.75 Å². The molecule has 0 aliphatic heterocycles. The lowest BCUT2D eigenvalue weighted by Crippen LogP contribution is -2.00. The maximum Gasteiger partial charge on any atom is 0.197 e. The maximum atomic E-state index is 13.0. The molecule has 17 heavy (non-hydrogen) atoms. The fourth-order valence-electron chi connectivity index (χ4n) is 1.43. The number of halogens is 1. The molecule has 0 saturated carbocycles. The number of nitrogens with zero attached hydrogens (tertiary/aromatic N) is 1. The topological polar surface area (TPSA) is 60.2 Å². The summed E-state index contributed by atoms with van der Waals surface area (Å²) in [4.78, 5) is 0. The van der Waals surface area contributed by atoms with Crippen molar-refractivity contribution in [3.05, 3.63) is 35.6 Å². The maximum absolute atomic E-state index is 13.0. The Hall–Kier alpha value is -1.82. The summed E-state index contributed by atoms with van der Waals surface area (Å²) >= 11 is 1.22. The van der Waals surface area contributed by atoms with Gasteiger partial charge in [0.05, 0.1) is 7.11 Å². The first kappa shape index (κ1) is 11.7. The van der Waals surface area contributed by atoms with Crippen molar-refractivity contribution >= 4 is 22.4 Å². The van der Waals surface area contributed by atoms with E-state index in [1.807, 2.05) is 6.07 Å². The Kier molecular flexibility index (Phi) is 3.43. The van der Waals surface area contributed by atoms with Crippen LogP contribution in [-0.2, 0) is 6.54 Å². The molecule has 1 aromatic carbocycles. The van der Waals surface area contributed by atoms with E-state index in [0.29, 0.717) is 18.1 Å². The van der Waals surface area contributed by atoms with E-state index in [2.05, 4.69) is 9.69 Å². The van der Waals surface area contributed by atoms with E-state index >= 15 is 0 Å². The molecule has 2 rings (SSSR count). The molecule has 6 heteroatoms. The highest BCUT2D eigenvalue weighted by atomic mass is 32.1. The lowest BCUT2D eigenvalue weighted by molar-refractivity contribution is 0.419. The molecule has 0 atom stereocenters. The smallest absolute Gasteiger partial charge is 0.197 e. The van der Waals surface area contributed by atoms with Crippen LogP contribution in [0.3, 0.4) is 0 Å². The van der Waals surface area contributed by atoms with Gasteiger partial charge in [-0.1, -0.05) is 12.1 Å². The molecule has 90 valence electrons. The first-order valence-corrected chi connectivity index (χ1v) is 5.75. The van der Waals surface area contributed by atoms with Crippen molar-refractivity contribution in [2.75, 3.05) is 18.2 Å². The van der Waals surface area contributed by atoms with Gasteiger partial charge in [0.25, 0.3) is 0 Å². The third-order valence-corrected chi connectivity index (χ3v) is 3.02. The van der Waals surface area contributed by atoms with Gasteiger partial charge < -0.3 is 15.8 Å². The van der Waals surface area contributed by atoms with Gasteiger partial charge in [0.2, 0.25) is 0 Å². The van der Waals surface area contributed by atoms with E-state index in [1.54, 1.807) is 6.07 Å². The highest BCUT2D eigenvalue weighted by Gasteiger charge is 2.11. The van der Waals surface area contributed by atoms with Gasteiger partial charge in [-0.15, -0.1) is 0 Å². The standard InChI is InChI=1S/C11H12FN3OS/c1-16-9-10(13)15-17-11(9)14-6-7-3-2-4-8(12)5-7/h2-5,14H,6H2,1H3,(H2,13,15). The number of methoxy groups -OCH3 is 1. The minimum Gasteiger partial charge on any atom is -0.490 e. The Balaban J connectivity index is 2.07. The SMILES string of the molecule is COc1c(N)nsc1NCc1cccc(F)c1. The van der Waals surface area contributed by atoms with Gasteiger partial charge in [0.1, 0.15) is 5.82 Å². The van der Waals surface area contributed by atoms with Crippen LogP contribution in [0.1, 0.15) is 5.56 Å². The number of nitrogens with two attached hydrogens (primary N) is 1. The Morgan fingerprint density at radius 1 is 1.53 bits per heavy atom. The number of benzene rings is 1. The molecule has 1 aromatic heterocycles. The third-order valence-electron chi connectivity index (χ3n) is 2.22. The van der Waals surface area contributed by atoms with Gasteiger partial charge in [-0.25, -0.2) is 4.39 Å². The average molecular weight is 253 g/mol. The van der Waals surface area contributed by atoms with Crippen LogP contribution in [-0.4, -0.2) is 11.5 Å². The number of hydrogen-bond acceptors (Lipinski definition) is 5. The van der Waals surface area contributed by atoms with Crippen LogP contribution in [0, 0.1) is 5.82 Å². The van der Waals surface area contributed by atoms with E-state index < -0.39 is 0 Å². The lowest BCUT2D eigenvalue weighted by atomic mass is 10.2. The Morgan fingerprint density at radius 3 is 3.06 bits per heavy atom. The monoisotopic (exact) mass is 253 g/mol. The fourth-order valence-corrected chi connectivity index (χ4v) is 2.11. The number of hydrogen-bond donors (Lipinski definition) is 2. The van der Waals surface area contributed by atoms with Gasteiger partial charge in [-0.05, 0) is 29.2 Å². The molecular weight excluding hydrogens is 241 g/mol. The first-order valence-electron chi connectivity index (χ1n) is 4.98. The number of aromatic nitrogens is 1. The van der Waals surface area contributed by atoms with Crippen molar-refractivity contribution in [3.8, 4) is 5.75 Å². The van der Waals surface area contributed by atoms with Crippen LogP contribution in [0.4, 0.5) is 15.2 Å². The summed E-state index contributed by atoms with van der Waals surface area (Å²) in [6, 6.07) is 6.40. The van der Waals surface area contributed by atoms with Crippen LogP contribution in [0.25, 0.3) is 0 Å². The van der Waals surface area contributed by atoms with E-state index in [9.17, 15) is 4.39 Å². The molecule has 0 aliphatic carbocycles.